The van der Waals surface area contributed by atoms with E-state index in [0.717, 1.165) is 32.2 Å². The number of morpholine rings is 1. The third-order valence-corrected chi connectivity index (χ3v) is 3.21. The van der Waals surface area contributed by atoms with E-state index in [0.29, 0.717) is 6.10 Å². The monoisotopic (exact) mass is 198 g/mol. The third-order valence-electron chi connectivity index (χ3n) is 3.21. The molecule has 2 unspecified atom stereocenters. The number of nitrogens with zero attached hydrogens (tertiary/aromatic N) is 1. The second-order valence-electron chi connectivity index (χ2n) is 4.70. The molecular weight excluding hydrogens is 176 g/mol. The van der Waals surface area contributed by atoms with Crippen molar-refractivity contribution in [2.75, 3.05) is 39.3 Å². The molecule has 3 nitrogen and oxygen atoms in total. The Morgan fingerprint density at radius 1 is 1.50 bits per heavy atom. The van der Waals surface area contributed by atoms with E-state index in [1.807, 2.05) is 0 Å². The van der Waals surface area contributed by atoms with Gasteiger partial charge in [0.2, 0.25) is 0 Å². The molecule has 2 aliphatic rings. The first-order valence-corrected chi connectivity index (χ1v) is 5.89. The first kappa shape index (κ1) is 10.4. The van der Waals surface area contributed by atoms with Gasteiger partial charge in [-0.1, -0.05) is 6.92 Å². The molecule has 3 heteroatoms. The normalized spacial score (nSPS) is 35.8. The van der Waals surface area contributed by atoms with Gasteiger partial charge in [-0.25, -0.2) is 0 Å². The summed E-state index contributed by atoms with van der Waals surface area (Å²) in [4.78, 5) is 2.56. The Balaban J connectivity index is 1.72. The van der Waals surface area contributed by atoms with E-state index < -0.39 is 0 Å². The lowest BCUT2D eigenvalue weighted by molar-refractivity contribution is -0.00145. The molecule has 0 aliphatic carbocycles. The summed E-state index contributed by atoms with van der Waals surface area (Å²) in [6.45, 7) is 8.94. The van der Waals surface area contributed by atoms with Crippen LogP contribution in [0.4, 0.5) is 0 Å². The van der Waals surface area contributed by atoms with Crippen LogP contribution in [0.25, 0.3) is 0 Å². The second kappa shape index (κ2) is 5.10. The van der Waals surface area contributed by atoms with Crippen molar-refractivity contribution in [3.8, 4) is 0 Å². The molecule has 82 valence electrons. The average molecular weight is 198 g/mol. The quantitative estimate of drug-likeness (QED) is 0.707. The Bertz CT molecular complexity index is 169. The molecular formula is C11H22N2O. The summed E-state index contributed by atoms with van der Waals surface area (Å²) >= 11 is 0. The first-order valence-electron chi connectivity index (χ1n) is 5.89. The van der Waals surface area contributed by atoms with E-state index in [2.05, 4.69) is 17.1 Å². The maximum Gasteiger partial charge on any atom is 0.0826 e. The molecule has 0 aromatic carbocycles. The van der Waals surface area contributed by atoms with Crippen molar-refractivity contribution in [3.63, 3.8) is 0 Å². The molecule has 0 spiro atoms. The Morgan fingerprint density at radius 2 is 2.43 bits per heavy atom. The van der Waals surface area contributed by atoms with Crippen LogP contribution in [0.3, 0.4) is 0 Å². The molecule has 2 saturated heterocycles. The zero-order valence-electron chi connectivity index (χ0n) is 9.17. The topological polar surface area (TPSA) is 24.5 Å². The molecule has 0 amide bonds. The zero-order valence-corrected chi connectivity index (χ0v) is 9.17. The summed E-state index contributed by atoms with van der Waals surface area (Å²) in [5.41, 5.74) is 0. The summed E-state index contributed by atoms with van der Waals surface area (Å²) in [5.74, 6) is 0.875. The highest BCUT2D eigenvalue weighted by Crippen LogP contribution is 2.16. The van der Waals surface area contributed by atoms with Crippen molar-refractivity contribution in [3.05, 3.63) is 0 Å². The maximum absolute atomic E-state index is 5.71. The minimum Gasteiger partial charge on any atom is -0.374 e. The van der Waals surface area contributed by atoms with E-state index in [9.17, 15) is 0 Å². The summed E-state index contributed by atoms with van der Waals surface area (Å²) in [7, 11) is 0. The lowest BCUT2D eigenvalue weighted by Crippen LogP contribution is -2.47. The van der Waals surface area contributed by atoms with Crippen LogP contribution in [0.2, 0.25) is 0 Å². The molecule has 2 heterocycles. The maximum atomic E-state index is 5.71. The van der Waals surface area contributed by atoms with Crippen molar-refractivity contribution in [1.29, 1.82) is 0 Å². The molecule has 2 aliphatic heterocycles. The molecule has 0 bridgehead atoms. The van der Waals surface area contributed by atoms with E-state index >= 15 is 0 Å². The van der Waals surface area contributed by atoms with Crippen LogP contribution in [0.15, 0.2) is 0 Å². The molecule has 2 rings (SSSR count). The molecule has 2 atom stereocenters. The lowest BCUT2D eigenvalue weighted by Gasteiger charge is -2.34. The highest BCUT2D eigenvalue weighted by Gasteiger charge is 2.21. The fourth-order valence-corrected chi connectivity index (χ4v) is 2.48. The van der Waals surface area contributed by atoms with Gasteiger partial charge in [-0.2, -0.15) is 0 Å². The molecule has 0 aromatic rings. The molecule has 14 heavy (non-hydrogen) atoms. The van der Waals surface area contributed by atoms with E-state index in [1.165, 1.54) is 25.9 Å². The van der Waals surface area contributed by atoms with Gasteiger partial charge in [-0.15, -0.1) is 0 Å². The Hall–Kier alpha value is -0.120. The largest absolute Gasteiger partial charge is 0.374 e. The SMILES string of the molecule is CC1CCCN(CC2CNCCO2)C1. The Kier molecular flexibility index (Phi) is 3.79. The van der Waals surface area contributed by atoms with Gasteiger partial charge in [0.25, 0.3) is 0 Å². The number of likely N-dealkylation sites (tertiary alicyclic amines) is 1. The van der Waals surface area contributed by atoms with Gasteiger partial charge < -0.3 is 15.0 Å². The standard InChI is InChI=1S/C11H22N2O/c1-10-3-2-5-13(8-10)9-11-7-12-4-6-14-11/h10-12H,2-9H2,1H3. The van der Waals surface area contributed by atoms with Crippen LogP contribution in [-0.4, -0.2) is 50.3 Å². The third kappa shape index (κ3) is 2.94. The lowest BCUT2D eigenvalue weighted by atomic mass is 10.00. The fraction of sp³-hybridized carbons (Fsp3) is 1.00. The molecule has 2 fully saturated rings. The van der Waals surface area contributed by atoms with Crippen LogP contribution in [0, 0.1) is 5.92 Å². The summed E-state index contributed by atoms with van der Waals surface area (Å²) in [6, 6.07) is 0. The highest BCUT2D eigenvalue weighted by atomic mass is 16.5. The van der Waals surface area contributed by atoms with Crippen LogP contribution in [-0.2, 0) is 4.74 Å². The van der Waals surface area contributed by atoms with Crippen molar-refractivity contribution in [1.82, 2.24) is 10.2 Å². The fourth-order valence-electron chi connectivity index (χ4n) is 2.48. The minimum atomic E-state index is 0.425. The smallest absolute Gasteiger partial charge is 0.0826 e. The summed E-state index contributed by atoms with van der Waals surface area (Å²) in [6.07, 6.45) is 3.19. The first-order chi connectivity index (χ1) is 6.84. The number of hydrogen-bond donors (Lipinski definition) is 1. The van der Waals surface area contributed by atoms with Crippen LogP contribution in [0.1, 0.15) is 19.8 Å². The summed E-state index contributed by atoms with van der Waals surface area (Å²) in [5, 5.41) is 3.38. The van der Waals surface area contributed by atoms with Crippen molar-refractivity contribution in [2.24, 2.45) is 5.92 Å². The predicted molar refractivity (Wildman–Crippen MR) is 57.4 cm³/mol. The van der Waals surface area contributed by atoms with Gasteiger partial charge in [-0.05, 0) is 25.3 Å². The van der Waals surface area contributed by atoms with E-state index in [1.54, 1.807) is 0 Å². The Morgan fingerprint density at radius 3 is 3.14 bits per heavy atom. The Labute approximate surface area is 86.8 Å². The molecule has 0 aromatic heterocycles. The number of rotatable bonds is 2. The van der Waals surface area contributed by atoms with Crippen LogP contribution >= 0.6 is 0 Å². The highest BCUT2D eigenvalue weighted by molar-refractivity contribution is 4.76. The van der Waals surface area contributed by atoms with E-state index in [4.69, 9.17) is 4.74 Å². The average Bonchev–Trinajstić information content (AvgIpc) is 2.19. The number of piperidine rings is 1. The van der Waals surface area contributed by atoms with Crippen LogP contribution in [0.5, 0.6) is 0 Å². The molecule has 1 N–H and O–H groups in total. The zero-order chi connectivity index (χ0) is 9.80. The van der Waals surface area contributed by atoms with Crippen molar-refractivity contribution >= 4 is 0 Å². The van der Waals surface area contributed by atoms with Crippen molar-refractivity contribution < 1.29 is 4.74 Å². The van der Waals surface area contributed by atoms with Gasteiger partial charge in [0.05, 0.1) is 12.7 Å². The number of hydrogen-bond acceptors (Lipinski definition) is 3. The molecule has 0 saturated carbocycles. The predicted octanol–water partition coefficient (Wildman–Crippen LogP) is 0.707. The van der Waals surface area contributed by atoms with Crippen molar-refractivity contribution in [2.45, 2.75) is 25.9 Å². The van der Waals surface area contributed by atoms with Crippen LogP contribution < -0.4 is 5.32 Å². The van der Waals surface area contributed by atoms with Gasteiger partial charge in [0.1, 0.15) is 0 Å². The van der Waals surface area contributed by atoms with Gasteiger partial charge in [0.15, 0.2) is 0 Å². The minimum absolute atomic E-state index is 0.425. The molecule has 0 radical (unpaired) electrons. The summed E-state index contributed by atoms with van der Waals surface area (Å²) < 4.78 is 5.71. The van der Waals surface area contributed by atoms with Gasteiger partial charge >= 0.3 is 0 Å². The van der Waals surface area contributed by atoms with Gasteiger partial charge in [0, 0.05) is 26.2 Å². The van der Waals surface area contributed by atoms with Gasteiger partial charge in [-0.3, -0.25) is 0 Å². The second-order valence-corrected chi connectivity index (χ2v) is 4.70. The number of ether oxygens (including phenoxy) is 1. The van der Waals surface area contributed by atoms with E-state index in [-0.39, 0.29) is 0 Å². The number of nitrogens with one attached hydrogen (secondary N) is 1.